The van der Waals surface area contributed by atoms with Gasteiger partial charge in [0.2, 0.25) is 0 Å². The molecule has 0 fully saturated rings. The van der Waals surface area contributed by atoms with E-state index in [1.807, 2.05) is 0 Å². The van der Waals surface area contributed by atoms with Crippen LogP contribution in [0.2, 0.25) is 0 Å². The molecule has 0 atom stereocenters. The van der Waals surface area contributed by atoms with E-state index in [9.17, 15) is 0 Å². The summed E-state index contributed by atoms with van der Waals surface area (Å²) in [6.07, 6.45) is 8.69. The third-order valence-corrected chi connectivity index (χ3v) is 6.60. The molecular weight excluding hydrogens is 374 g/mol. The number of hydrogen-bond acceptors (Lipinski definition) is 1. The van der Waals surface area contributed by atoms with Crippen LogP contribution < -0.4 is 4.90 Å². The van der Waals surface area contributed by atoms with Gasteiger partial charge in [0, 0.05) is 29.4 Å². The van der Waals surface area contributed by atoms with Gasteiger partial charge in [-0.1, -0.05) is 94.4 Å². The van der Waals surface area contributed by atoms with E-state index in [4.69, 9.17) is 0 Å². The van der Waals surface area contributed by atoms with Gasteiger partial charge in [0.15, 0.2) is 0 Å². The molecule has 1 heteroatoms. The monoisotopic (exact) mass is 407 g/mol. The Hall–Kier alpha value is -3.06. The van der Waals surface area contributed by atoms with Crippen molar-refractivity contribution in [2.24, 2.45) is 0 Å². The first kappa shape index (κ1) is 21.2. The zero-order chi connectivity index (χ0) is 22.0. The Balaban J connectivity index is 1.95. The maximum absolute atomic E-state index is 2.44. The quantitative estimate of drug-likeness (QED) is 0.371. The highest BCUT2D eigenvalue weighted by Crippen LogP contribution is 2.51. The largest absolute Gasteiger partial charge is 0.348 e. The van der Waals surface area contributed by atoms with Gasteiger partial charge in [0.1, 0.15) is 0 Å². The molecule has 0 N–H and O–H groups in total. The molecule has 158 valence electrons. The molecule has 0 amide bonds. The molecule has 0 bridgehead atoms. The molecule has 0 unspecified atom stereocenters. The molecule has 3 aromatic carbocycles. The number of nitrogens with zero attached hydrogens (tertiary/aromatic N) is 1. The van der Waals surface area contributed by atoms with Gasteiger partial charge in [-0.05, 0) is 58.9 Å². The number of anilines is 1. The van der Waals surface area contributed by atoms with Gasteiger partial charge in [0.25, 0.3) is 0 Å². The number of allylic oxidation sites excluding steroid dienone is 4. The van der Waals surface area contributed by atoms with Gasteiger partial charge in [-0.15, -0.1) is 0 Å². The van der Waals surface area contributed by atoms with Crippen LogP contribution in [0, 0.1) is 0 Å². The van der Waals surface area contributed by atoms with Crippen molar-refractivity contribution in [3.8, 4) is 22.3 Å². The number of benzene rings is 3. The molecule has 31 heavy (non-hydrogen) atoms. The fraction of sp³-hybridized carbons (Fsp3) is 0.267. The summed E-state index contributed by atoms with van der Waals surface area (Å²) in [6, 6.07) is 24.5. The molecule has 0 saturated heterocycles. The lowest BCUT2D eigenvalue weighted by Crippen LogP contribution is -2.19. The van der Waals surface area contributed by atoms with E-state index in [1.165, 1.54) is 44.8 Å². The second-order valence-corrected chi connectivity index (χ2v) is 8.86. The lowest BCUT2D eigenvalue weighted by Gasteiger charge is -2.28. The van der Waals surface area contributed by atoms with Crippen molar-refractivity contribution in [3.63, 3.8) is 0 Å². The maximum Gasteiger partial charge on any atom is 0.0488 e. The highest BCUT2D eigenvalue weighted by atomic mass is 15.1. The number of fused-ring (bicyclic) bond motifs is 3. The SMILES string of the molecule is CC/C=C\C=C(/CC)N(C)c1cc2c(cc1-c1ccccc1)-c1ccccc1C2(C)C. The Bertz CT molecular complexity index is 1130. The molecule has 4 rings (SSSR count). The van der Waals surface area contributed by atoms with Crippen molar-refractivity contribution in [1.82, 2.24) is 0 Å². The van der Waals surface area contributed by atoms with Crippen molar-refractivity contribution in [1.29, 1.82) is 0 Å². The smallest absolute Gasteiger partial charge is 0.0488 e. The topological polar surface area (TPSA) is 3.24 Å². The van der Waals surface area contributed by atoms with Crippen molar-refractivity contribution in [2.75, 3.05) is 11.9 Å². The number of hydrogen-bond donors (Lipinski definition) is 0. The van der Waals surface area contributed by atoms with Crippen molar-refractivity contribution < 1.29 is 0 Å². The molecule has 0 saturated carbocycles. The van der Waals surface area contributed by atoms with Crippen LogP contribution >= 0.6 is 0 Å². The Labute approximate surface area is 187 Å². The molecule has 3 aromatic rings. The van der Waals surface area contributed by atoms with Crippen LogP contribution in [0.1, 0.15) is 51.7 Å². The minimum Gasteiger partial charge on any atom is -0.348 e. The van der Waals surface area contributed by atoms with E-state index >= 15 is 0 Å². The summed E-state index contributed by atoms with van der Waals surface area (Å²) < 4.78 is 0. The normalized spacial score (nSPS) is 14.5. The third-order valence-electron chi connectivity index (χ3n) is 6.60. The second-order valence-electron chi connectivity index (χ2n) is 8.86. The highest BCUT2D eigenvalue weighted by Gasteiger charge is 2.36. The van der Waals surface area contributed by atoms with Gasteiger partial charge in [-0.2, -0.15) is 0 Å². The van der Waals surface area contributed by atoms with Crippen molar-refractivity contribution in [2.45, 2.75) is 46.0 Å². The van der Waals surface area contributed by atoms with Gasteiger partial charge in [-0.3, -0.25) is 0 Å². The average molecular weight is 408 g/mol. The third kappa shape index (κ3) is 3.74. The first-order chi connectivity index (χ1) is 15.0. The molecule has 1 nitrogen and oxygen atoms in total. The summed E-state index contributed by atoms with van der Waals surface area (Å²) >= 11 is 0. The minimum absolute atomic E-state index is 0.00502. The summed E-state index contributed by atoms with van der Waals surface area (Å²) in [6.45, 7) is 9.11. The van der Waals surface area contributed by atoms with Crippen LogP contribution in [-0.2, 0) is 5.41 Å². The van der Waals surface area contributed by atoms with Crippen molar-refractivity contribution in [3.05, 3.63) is 102 Å². The Morgan fingerprint density at radius 1 is 0.839 bits per heavy atom. The minimum atomic E-state index is -0.00502. The van der Waals surface area contributed by atoms with E-state index in [0.29, 0.717) is 0 Å². The van der Waals surface area contributed by atoms with E-state index in [0.717, 1.165) is 12.8 Å². The molecule has 0 radical (unpaired) electrons. The van der Waals surface area contributed by atoms with Crippen LogP contribution in [0.3, 0.4) is 0 Å². The van der Waals surface area contributed by atoms with Crippen LogP contribution in [0.25, 0.3) is 22.3 Å². The van der Waals surface area contributed by atoms with E-state index in [2.05, 4.69) is 125 Å². The van der Waals surface area contributed by atoms with Crippen LogP contribution in [0.4, 0.5) is 5.69 Å². The maximum atomic E-state index is 2.44. The molecule has 0 spiro atoms. The standard InChI is InChI=1S/C30H33N/c1-6-8-10-17-23(7-2)31(5)29-21-28-26(20-25(29)22-15-11-9-12-16-22)24-18-13-14-19-27(24)30(28,3)4/h8-21H,6-7H2,1-5H3/b10-8-,23-17+. The first-order valence-corrected chi connectivity index (χ1v) is 11.4. The fourth-order valence-electron chi connectivity index (χ4n) is 4.80. The summed E-state index contributed by atoms with van der Waals surface area (Å²) in [7, 11) is 2.21. The summed E-state index contributed by atoms with van der Waals surface area (Å²) in [4.78, 5) is 2.38. The molecule has 1 aliphatic carbocycles. The molecule has 0 aliphatic heterocycles. The predicted molar refractivity (Wildman–Crippen MR) is 136 cm³/mol. The average Bonchev–Trinajstić information content (AvgIpc) is 3.03. The Morgan fingerprint density at radius 3 is 2.26 bits per heavy atom. The van der Waals surface area contributed by atoms with Gasteiger partial charge >= 0.3 is 0 Å². The molecule has 0 heterocycles. The first-order valence-electron chi connectivity index (χ1n) is 11.4. The van der Waals surface area contributed by atoms with Gasteiger partial charge in [0.05, 0.1) is 0 Å². The predicted octanol–water partition coefficient (Wildman–Crippen LogP) is 8.36. The summed E-state index contributed by atoms with van der Waals surface area (Å²) in [5.74, 6) is 0. The van der Waals surface area contributed by atoms with Crippen LogP contribution in [0.15, 0.2) is 90.7 Å². The lowest BCUT2D eigenvalue weighted by molar-refractivity contribution is 0.660. The fourth-order valence-corrected chi connectivity index (χ4v) is 4.80. The van der Waals surface area contributed by atoms with Gasteiger partial charge in [-0.25, -0.2) is 0 Å². The Morgan fingerprint density at radius 2 is 1.55 bits per heavy atom. The van der Waals surface area contributed by atoms with E-state index < -0.39 is 0 Å². The van der Waals surface area contributed by atoms with Gasteiger partial charge < -0.3 is 4.90 Å². The van der Waals surface area contributed by atoms with E-state index in [1.54, 1.807) is 0 Å². The molecular formula is C30H33N. The zero-order valence-corrected chi connectivity index (χ0v) is 19.4. The summed E-state index contributed by atoms with van der Waals surface area (Å²) in [5.41, 5.74) is 10.7. The van der Waals surface area contributed by atoms with Crippen molar-refractivity contribution >= 4 is 5.69 Å². The molecule has 1 aliphatic rings. The summed E-state index contributed by atoms with van der Waals surface area (Å²) in [5, 5.41) is 0. The zero-order valence-electron chi connectivity index (χ0n) is 19.4. The van der Waals surface area contributed by atoms with Crippen LogP contribution in [-0.4, -0.2) is 7.05 Å². The molecule has 0 aromatic heterocycles. The lowest BCUT2D eigenvalue weighted by atomic mass is 9.81. The Kier molecular flexibility index (Phi) is 5.87. The van der Waals surface area contributed by atoms with E-state index in [-0.39, 0.29) is 5.41 Å². The highest BCUT2D eigenvalue weighted by molar-refractivity contribution is 5.90. The van der Waals surface area contributed by atoms with Crippen LogP contribution in [0.5, 0.6) is 0 Å². The second kappa shape index (κ2) is 8.59. The number of rotatable bonds is 6.